The van der Waals surface area contributed by atoms with E-state index >= 15 is 0 Å². The van der Waals surface area contributed by atoms with E-state index in [9.17, 15) is 0 Å². The predicted octanol–water partition coefficient (Wildman–Crippen LogP) is 3.33. The van der Waals surface area contributed by atoms with E-state index in [-0.39, 0.29) is 0 Å². The van der Waals surface area contributed by atoms with Gasteiger partial charge in [0.1, 0.15) is 5.65 Å². The summed E-state index contributed by atoms with van der Waals surface area (Å²) in [6, 6.07) is 14.0. The molecule has 0 atom stereocenters. The molecule has 26 heavy (non-hydrogen) atoms. The lowest BCUT2D eigenvalue weighted by Crippen LogP contribution is -2.38. The van der Waals surface area contributed by atoms with Crippen LogP contribution in [0.15, 0.2) is 59.9 Å². The largest absolute Gasteiger partial charge is 0.357 e. The molecule has 0 amide bonds. The number of aliphatic imine (C=N–C) groups is 1. The van der Waals surface area contributed by atoms with Crippen molar-refractivity contribution in [1.82, 2.24) is 20.0 Å². The Hall–Kier alpha value is -2.53. The Kier molecular flexibility index (Phi) is 6.50. The zero-order valence-corrected chi connectivity index (χ0v) is 15.7. The Morgan fingerprint density at radius 3 is 2.73 bits per heavy atom. The highest BCUT2D eigenvalue weighted by molar-refractivity contribution is 6.30. The van der Waals surface area contributed by atoms with Gasteiger partial charge in [-0.3, -0.25) is 4.99 Å². The van der Waals surface area contributed by atoms with Crippen molar-refractivity contribution in [2.45, 2.75) is 19.8 Å². The zero-order valence-electron chi connectivity index (χ0n) is 15.0. The van der Waals surface area contributed by atoms with Gasteiger partial charge in [0, 0.05) is 43.5 Å². The molecule has 0 radical (unpaired) electrons. The SMILES string of the molecule is CCNC(=NCCc1cn2ccccc2n1)NCCc1ccc(Cl)cc1. The van der Waals surface area contributed by atoms with E-state index in [4.69, 9.17) is 11.6 Å². The van der Waals surface area contributed by atoms with Crippen molar-refractivity contribution in [2.24, 2.45) is 4.99 Å². The molecule has 0 aliphatic carbocycles. The van der Waals surface area contributed by atoms with Crippen LogP contribution in [0.4, 0.5) is 0 Å². The normalized spacial score (nSPS) is 11.7. The first-order valence-electron chi connectivity index (χ1n) is 8.94. The molecule has 2 heterocycles. The molecule has 0 aliphatic heterocycles. The number of aromatic nitrogens is 2. The summed E-state index contributed by atoms with van der Waals surface area (Å²) in [6.45, 7) is 4.42. The van der Waals surface area contributed by atoms with Crippen LogP contribution in [0, 0.1) is 0 Å². The monoisotopic (exact) mass is 369 g/mol. The molecule has 0 spiro atoms. The van der Waals surface area contributed by atoms with E-state index < -0.39 is 0 Å². The Balaban J connectivity index is 1.50. The number of hydrogen-bond acceptors (Lipinski definition) is 2. The fourth-order valence-electron chi connectivity index (χ4n) is 2.71. The third-order valence-corrected chi connectivity index (χ3v) is 4.27. The number of nitrogens with zero attached hydrogens (tertiary/aromatic N) is 3. The number of imidazole rings is 1. The molecular formula is C20H24ClN5. The minimum absolute atomic E-state index is 0.695. The first-order valence-corrected chi connectivity index (χ1v) is 9.31. The van der Waals surface area contributed by atoms with Gasteiger partial charge in [0.2, 0.25) is 0 Å². The number of pyridine rings is 1. The van der Waals surface area contributed by atoms with E-state index in [0.717, 1.165) is 48.3 Å². The van der Waals surface area contributed by atoms with Crippen LogP contribution in [-0.4, -0.2) is 35.0 Å². The van der Waals surface area contributed by atoms with Gasteiger partial charge in [-0.15, -0.1) is 0 Å². The molecular weight excluding hydrogens is 346 g/mol. The number of nitrogens with one attached hydrogen (secondary N) is 2. The van der Waals surface area contributed by atoms with Crippen molar-refractivity contribution in [1.29, 1.82) is 0 Å². The third kappa shape index (κ3) is 5.23. The predicted molar refractivity (Wildman–Crippen MR) is 108 cm³/mol. The van der Waals surface area contributed by atoms with Crippen LogP contribution in [0.3, 0.4) is 0 Å². The summed E-state index contributed by atoms with van der Waals surface area (Å²) in [4.78, 5) is 9.25. The van der Waals surface area contributed by atoms with Crippen molar-refractivity contribution >= 4 is 23.2 Å². The summed E-state index contributed by atoms with van der Waals surface area (Å²) in [5.41, 5.74) is 3.28. The number of halogens is 1. The van der Waals surface area contributed by atoms with Crippen LogP contribution in [0.2, 0.25) is 5.02 Å². The average molecular weight is 370 g/mol. The van der Waals surface area contributed by atoms with Gasteiger partial charge in [-0.2, -0.15) is 0 Å². The maximum Gasteiger partial charge on any atom is 0.191 e. The second-order valence-corrected chi connectivity index (χ2v) is 6.45. The zero-order chi connectivity index (χ0) is 18.2. The molecule has 0 unspecified atom stereocenters. The van der Waals surface area contributed by atoms with E-state index in [0.29, 0.717) is 6.54 Å². The van der Waals surface area contributed by atoms with Gasteiger partial charge >= 0.3 is 0 Å². The molecule has 0 bridgehead atoms. The molecule has 6 heteroatoms. The highest BCUT2D eigenvalue weighted by Crippen LogP contribution is 2.09. The van der Waals surface area contributed by atoms with Crippen LogP contribution in [-0.2, 0) is 12.8 Å². The Morgan fingerprint density at radius 1 is 1.12 bits per heavy atom. The molecule has 0 fully saturated rings. The van der Waals surface area contributed by atoms with Crippen molar-refractivity contribution < 1.29 is 0 Å². The molecule has 5 nitrogen and oxygen atoms in total. The van der Waals surface area contributed by atoms with Gasteiger partial charge in [-0.1, -0.05) is 29.8 Å². The van der Waals surface area contributed by atoms with Gasteiger partial charge in [0.15, 0.2) is 5.96 Å². The second kappa shape index (κ2) is 9.25. The number of rotatable bonds is 7. The number of hydrogen-bond donors (Lipinski definition) is 2. The quantitative estimate of drug-likeness (QED) is 0.496. The van der Waals surface area contributed by atoms with E-state index in [1.807, 2.05) is 40.9 Å². The number of fused-ring (bicyclic) bond motifs is 1. The van der Waals surface area contributed by atoms with Crippen LogP contribution in [0.1, 0.15) is 18.2 Å². The molecule has 136 valence electrons. The Morgan fingerprint density at radius 2 is 1.96 bits per heavy atom. The molecule has 2 aromatic heterocycles. The van der Waals surface area contributed by atoms with Gasteiger partial charge in [0.25, 0.3) is 0 Å². The minimum Gasteiger partial charge on any atom is -0.357 e. The second-order valence-electron chi connectivity index (χ2n) is 6.01. The van der Waals surface area contributed by atoms with Gasteiger partial charge in [0.05, 0.1) is 5.69 Å². The van der Waals surface area contributed by atoms with Gasteiger partial charge in [-0.25, -0.2) is 4.98 Å². The lowest BCUT2D eigenvalue weighted by atomic mass is 10.1. The van der Waals surface area contributed by atoms with Crippen molar-refractivity contribution in [3.05, 3.63) is 71.1 Å². The fraction of sp³-hybridized carbons (Fsp3) is 0.300. The molecule has 1 aromatic carbocycles. The van der Waals surface area contributed by atoms with E-state index in [1.165, 1.54) is 5.56 Å². The summed E-state index contributed by atoms with van der Waals surface area (Å²) < 4.78 is 2.04. The summed E-state index contributed by atoms with van der Waals surface area (Å²) in [6.07, 6.45) is 5.81. The lowest BCUT2D eigenvalue weighted by molar-refractivity contribution is 0.795. The van der Waals surface area contributed by atoms with E-state index in [1.54, 1.807) is 0 Å². The lowest BCUT2D eigenvalue weighted by Gasteiger charge is -2.11. The Bertz CT molecular complexity index is 821. The molecule has 2 N–H and O–H groups in total. The summed E-state index contributed by atoms with van der Waals surface area (Å²) in [5.74, 6) is 0.838. The van der Waals surface area contributed by atoms with Gasteiger partial charge < -0.3 is 15.0 Å². The highest BCUT2D eigenvalue weighted by Gasteiger charge is 2.02. The van der Waals surface area contributed by atoms with Crippen molar-refractivity contribution in [2.75, 3.05) is 19.6 Å². The van der Waals surface area contributed by atoms with Crippen LogP contribution >= 0.6 is 11.6 Å². The number of benzene rings is 1. The standard InChI is InChI=1S/C20H24ClN5/c1-2-22-20(23-12-10-16-6-8-17(21)9-7-16)24-13-11-18-15-26-14-4-3-5-19(26)25-18/h3-9,14-15H,2,10-13H2,1H3,(H2,22,23,24). The molecule has 0 saturated carbocycles. The molecule has 3 aromatic rings. The first-order chi connectivity index (χ1) is 12.7. The maximum atomic E-state index is 5.92. The first kappa shape index (κ1) is 18.3. The molecule has 3 rings (SSSR count). The Labute approximate surface area is 159 Å². The van der Waals surface area contributed by atoms with Gasteiger partial charge in [-0.05, 0) is 43.2 Å². The summed E-state index contributed by atoms with van der Waals surface area (Å²) >= 11 is 5.92. The fourth-order valence-corrected chi connectivity index (χ4v) is 2.83. The van der Waals surface area contributed by atoms with Crippen molar-refractivity contribution in [3.8, 4) is 0 Å². The third-order valence-electron chi connectivity index (χ3n) is 4.02. The number of guanidine groups is 1. The molecule has 0 aliphatic rings. The van der Waals surface area contributed by atoms with Crippen molar-refractivity contribution in [3.63, 3.8) is 0 Å². The summed E-state index contributed by atoms with van der Waals surface area (Å²) in [7, 11) is 0. The highest BCUT2D eigenvalue weighted by atomic mass is 35.5. The topological polar surface area (TPSA) is 53.7 Å². The maximum absolute atomic E-state index is 5.92. The summed E-state index contributed by atoms with van der Waals surface area (Å²) in [5, 5.41) is 7.43. The van der Waals surface area contributed by atoms with Crippen LogP contribution in [0.25, 0.3) is 5.65 Å². The van der Waals surface area contributed by atoms with Crippen LogP contribution in [0.5, 0.6) is 0 Å². The van der Waals surface area contributed by atoms with Crippen LogP contribution < -0.4 is 10.6 Å². The van der Waals surface area contributed by atoms with E-state index in [2.05, 4.69) is 45.9 Å². The minimum atomic E-state index is 0.695. The smallest absolute Gasteiger partial charge is 0.191 e. The average Bonchev–Trinajstić information content (AvgIpc) is 3.06. The molecule has 0 saturated heterocycles.